The van der Waals surface area contributed by atoms with E-state index in [4.69, 9.17) is 11.6 Å². The minimum atomic E-state index is -0.128. The van der Waals surface area contributed by atoms with Gasteiger partial charge in [0, 0.05) is 15.3 Å². The van der Waals surface area contributed by atoms with Gasteiger partial charge in [-0.15, -0.1) is 24.0 Å². The number of carbonyl (C=O) groups is 1. The van der Waals surface area contributed by atoms with Crippen LogP contribution in [0.15, 0.2) is 40.6 Å². The minimum absolute atomic E-state index is 0.104. The summed E-state index contributed by atoms with van der Waals surface area (Å²) in [7, 11) is 0. The molecule has 0 radical (unpaired) electrons. The Morgan fingerprint density at radius 1 is 1.44 bits per heavy atom. The molecule has 1 N–H and O–H groups in total. The molecule has 0 aliphatic rings. The van der Waals surface area contributed by atoms with Crippen molar-refractivity contribution < 1.29 is 4.79 Å². The van der Waals surface area contributed by atoms with Crippen LogP contribution in [-0.2, 0) is 0 Å². The van der Waals surface area contributed by atoms with E-state index in [1.165, 1.54) is 11.3 Å². The molecule has 2 nitrogen and oxygen atoms in total. The molecule has 1 heterocycles. The monoisotopic (exact) mass is 297 g/mol. The predicted octanol–water partition coefficient (Wildman–Crippen LogP) is 4.18. The molecule has 1 aromatic carbocycles. The van der Waals surface area contributed by atoms with Crippen LogP contribution in [0.2, 0.25) is 5.02 Å². The Morgan fingerprint density at radius 3 is 2.78 bits per heavy atom. The summed E-state index contributed by atoms with van der Waals surface area (Å²) in [6, 6.07) is 9.12. The zero-order chi connectivity index (χ0) is 13.1. The average molecular weight is 298 g/mol. The van der Waals surface area contributed by atoms with Crippen molar-refractivity contribution in [2.45, 2.75) is 17.9 Å². The first-order valence-corrected chi connectivity index (χ1v) is 7.11. The maximum Gasteiger partial charge on any atom is 0.261 e. The van der Waals surface area contributed by atoms with Gasteiger partial charge < -0.3 is 5.32 Å². The molecule has 1 atom stereocenters. The van der Waals surface area contributed by atoms with Gasteiger partial charge in [-0.3, -0.25) is 4.79 Å². The predicted molar refractivity (Wildman–Crippen MR) is 78.9 cm³/mol. The van der Waals surface area contributed by atoms with E-state index in [2.05, 4.69) is 17.9 Å². The zero-order valence-corrected chi connectivity index (χ0v) is 12.1. The first-order valence-electron chi connectivity index (χ1n) is 5.40. The Labute approximate surface area is 120 Å². The molecule has 0 aliphatic carbocycles. The summed E-state index contributed by atoms with van der Waals surface area (Å²) < 4.78 is 0. The summed E-state index contributed by atoms with van der Waals surface area (Å²) in [5.41, 5.74) is 0.912. The molecule has 5 heteroatoms. The zero-order valence-electron chi connectivity index (χ0n) is 9.68. The highest BCUT2D eigenvalue weighted by Crippen LogP contribution is 2.23. The van der Waals surface area contributed by atoms with E-state index in [0.29, 0.717) is 9.90 Å². The maximum atomic E-state index is 12.0. The quantitative estimate of drug-likeness (QED) is 0.818. The SMILES string of the molecule is CC(NC(=O)c1cc(S)cs1)c1ccccc1Cl. The molecule has 0 bridgehead atoms. The fraction of sp³-hybridized carbons (Fsp3) is 0.154. The topological polar surface area (TPSA) is 29.1 Å². The smallest absolute Gasteiger partial charge is 0.261 e. The summed E-state index contributed by atoms with van der Waals surface area (Å²) in [4.78, 5) is 13.4. The highest BCUT2D eigenvalue weighted by atomic mass is 35.5. The van der Waals surface area contributed by atoms with Gasteiger partial charge in [-0.1, -0.05) is 29.8 Å². The second kappa shape index (κ2) is 5.78. The van der Waals surface area contributed by atoms with Crippen molar-refractivity contribution >= 4 is 41.5 Å². The Morgan fingerprint density at radius 2 is 2.17 bits per heavy atom. The first-order chi connectivity index (χ1) is 8.58. The third-order valence-electron chi connectivity index (χ3n) is 2.53. The summed E-state index contributed by atoms with van der Waals surface area (Å²) in [5, 5.41) is 5.41. The van der Waals surface area contributed by atoms with Gasteiger partial charge in [-0.05, 0) is 24.6 Å². The van der Waals surface area contributed by atoms with Gasteiger partial charge in [0.05, 0.1) is 10.9 Å². The number of benzene rings is 1. The molecule has 0 saturated carbocycles. The van der Waals surface area contributed by atoms with Crippen molar-refractivity contribution in [3.63, 3.8) is 0 Å². The minimum Gasteiger partial charge on any atom is -0.345 e. The molecule has 94 valence electrons. The van der Waals surface area contributed by atoms with Crippen LogP contribution in [-0.4, -0.2) is 5.91 Å². The third-order valence-corrected chi connectivity index (χ3v) is 4.23. The summed E-state index contributed by atoms with van der Waals surface area (Å²) >= 11 is 11.7. The number of thiol groups is 1. The third kappa shape index (κ3) is 3.07. The summed E-state index contributed by atoms with van der Waals surface area (Å²) in [6.45, 7) is 1.91. The van der Waals surface area contributed by atoms with Crippen LogP contribution in [0.3, 0.4) is 0 Å². The molecule has 0 spiro atoms. The summed E-state index contributed by atoms with van der Waals surface area (Å²) in [5.74, 6) is -0.104. The lowest BCUT2D eigenvalue weighted by Crippen LogP contribution is -2.26. The lowest BCUT2D eigenvalue weighted by Gasteiger charge is -2.14. The molecule has 0 fully saturated rings. The number of carbonyl (C=O) groups excluding carboxylic acids is 1. The van der Waals surface area contributed by atoms with Crippen molar-refractivity contribution in [3.05, 3.63) is 51.2 Å². The van der Waals surface area contributed by atoms with Gasteiger partial charge in [0.15, 0.2) is 0 Å². The maximum absolute atomic E-state index is 12.0. The van der Waals surface area contributed by atoms with Gasteiger partial charge in [0.2, 0.25) is 0 Å². The Kier molecular flexibility index (Phi) is 4.32. The molecule has 1 unspecified atom stereocenters. The fourth-order valence-corrected chi connectivity index (χ4v) is 2.97. The van der Waals surface area contributed by atoms with Crippen LogP contribution in [0.1, 0.15) is 28.2 Å². The highest BCUT2D eigenvalue weighted by molar-refractivity contribution is 7.80. The number of nitrogens with one attached hydrogen (secondary N) is 1. The number of rotatable bonds is 3. The van der Waals surface area contributed by atoms with Gasteiger partial charge in [-0.2, -0.15) is 0 Å². The molecular weight excluding hydrogens is 286 g/mol. The first kappa shape index (κ1) is 13.5. The fourth-order valence-electron chi connectivity index (χ4n) is 1.62. The molecule has 18 heavy (non-hydrogen) atoms. The van der Waals surface area contributed by atoms with Crippen LogP contribution in [0.4, 0.5) is 0 Å². The van der Waals surface area contributed by atoms with E-state index < -0.39 is 0 Å². The molecule has 1 aromatic heterocycles. The second-order valence-corrected chi connectivity index (χ2v) is 5.72. The average Bonchev–Trinajstić information content (AvgIpc) is 2.76. The lowest BCUT2D eigenvalue weighted by molar-refractivity contribution is 0.0944. The van der Waals surface area contributed by atoms with E-state index >= 15 is 0 Å². The highest BCUT2D eigenvalue weighted by Gasteiger charge is 2.14. The number of hydrogen-bond acceptors (Lipinski definition) is 3. The van der Waals surface area contributed by atoms with Gasteiger partial charge in [0.25, 0.3) is 5.91 Å². The van der Waals surface area contributed by atoms with Crippen LogP contribution < -0.4 is 5.32 Å². The summed E-state index contributed by atoms with van der Waals surface area (Å²) in [6.07, 6.45) is 0. The lowest BCUT2D eigenvalue weighted by atomic mass is 10.1. The Balaban J connectivity index is 2.10. The molecule has 0 saturated heterocycles. The van der Waals surface area contributed by atoms with Crippen molar-refractivity contribution in [1.82, 2.24) is 5.32 Å². The van der Waals surface area contributed by atoms with Gasteiger partial charge in [0.1, 0.15) is 0 Å². The van der Waals surface area contributed by atoms with Crippen LogP contribution in [0.5, 0.6) is 0 Å². The van der Waals surface area contributed by atoms with Crippen molar-refractivity contribution in [3.8, 4) is 0 Å². The Bertz CT molecular complexity index is 568. The number of hydrogen-bond donors (Lipinski definition) is 2. The van der Waals surface area contributed by atoms with Crippen LogP contribution in [0, 0.1) is 0 Å². The van der Waals surface area contributed by atoms with E-state index in [1.807, 2.05) is 36.6 Å². The standard InChI is InChI=1S/C13H12ClNOS2/c1-8(10-4-2-3-5-11(10)14)15-13(16)12-6-9(17)7-18-12/h2-8,17H,1H3,(H,15,16). The van der Waals surface area contributed by atoms with Crippen molar-refractivity contribution in [2.75, 3.05) is 0 Å². The van der Waals surface area contributed by atoms with Crippen molar-refractivity contribution in [2.24, 2.45) is 0 Å². The molecule has 2 rings (SSSR count). The van der Waals surface area contributed by atoms with Crippen LogP contribution in [0.25, 0.3) is 0 Å². The van der Waals surface area contributed by atoms with Gasteiger partial charge >= 0.3 is 0 Å². The Hall–Kier alpha value is -0.970. The number of thiophene rings is 1. The van der Waals surface area contributed by atoms with E-state index in [0.717, 1.165) is 10.5 Å². The van der Waals surface area contributed by atoms with E-state index in [9.17, 15) is 4.79 Å². The molecule has 0 aliphatic heterocycles. The molecule has 2 aromatic rings. The molecular formula is C13H12ClNOS2. The molecule has 1 amide bonds. The van der Waals surface area contributed by atoms with Gasteiger partial charge in [-0.25, -0.2) is 0 Å². The normalized spacial score (nSPS) is 12.2. The largest absolute Gasteiger partial charge is 0.345 e. The van der Waals surface area contributed by atoms with Crippen molar-refractivity contribution in [1.29, 1.82) is 0 Å². The number of amides is 1. The van der Waals surface area contributed by atoms with Crippen LogP contribution >= 0.6 is 35.6 Å². The number of halogens is 1. The van der Waals surface area contributed by atoms with E-state index in [1.54, 1.807) is 6.07 Å². The second-order valence-electron chi connectivity index (χ2n) is 3.89. The van der Waals surface area contributed by atoms with E-state index in [-0.39, 0.29) is 11.9 Å².